The van der Waals surface area contributed by atoms with Gasteiger partial charge in [-0.3, -0.25) is 4.79 Å². The van der Waals surface area contributed by atoms with Crippen LogP contribution < -0.4 is 16.4 Å². The normalized spacial score (nSPS) is 11.2. The van der Waals surface area contributed by atoms with Crippen LogP contribution >= 0.6 is 0 Å². The highest BCUT2D eigenvalue weighted by Crippen LogP contribution is 1.97. The Morgan fingerprint density at radius 2 is 1.95 bits per heavy atom. The Hall–Kier alpha value is -2.04. The van der Waals surface area contributed by atoms with E-state index in [-0.39, 0.29) is 12.5 Å². The maximum absolute atomic E-state index is 11.6. The van der Waals surface area contributed by atoms with Crippen molar-refractivity contribution in [2.45, 2.75) is 26.2 Å². The topological polar surface area (TPSA) is 79.5 Å². The molecule has 0 heterocycles. The minimum atomic E-state index is -0.110. The average molecular weight is 276 g/mol. The Kier molecular flexibility index (Phi) is 7.87. The van der Waals surface area contributed by atoms with E-state index in [4.69, 9.17) is 5.73 Å². The molecule has 0 aliphatic rings. The molecule has 0 unspecified atom stereocenters. The fraction of sp³-hybridized carbons (Fsp3) is 0.467. The number of hydrogen-bond donors (Lipinski definition) is 3. The first-order chi connectivity index (χ1) is 9.72. The molecular formula is C15H24N4O. The molecule has 0 spiro atoms. The zero-order valence-corrected chi connectivity index (χ0v) is 12.1. The van der Waals surface area contributed by atoms with Crippen LogP contribution in [-0.2, 0) is 11.2 Å². The number of rotatable bonds is 8. The van der Waals surface area contributed by atoms with Crippen molar-refractivity contribution in [2.75, 3.05) is 19.6 Å². The molecule has 20 heavy (non-hydrogen) atoms. The summed E-state index contributed by atoms with van der Waals surface area (Å²) in [5.74, 6) is 0.220. The van der Waals surface area contributed by atoms with E-state index < -0.39 is 0 Å². The van der Waals surface area contributed by atoms with Crippen LogP contribution in [0.4, 0.5) is 0 Å². The van der Waals surface area contributed by atoms with Gasteiger partial charge in [0.1, 0.15) is 6.54 Å². The number of carbonyl (C=O) groups is 1. The van der Waals surface area contributed by atoms with Gasteiger partial charge < -0.3 is 16.4 Å². The predicted molar refractivity (Wildman–Crippen MR) is 82.6 cm³/mol. The van der Waals surface area contributed by atoms with Gasteiger partial charge in [0.2, 0.25) is 5.91 Å². The maximum atomic E-state index is 11.6. The maximum Gasteiger partial charge on any atom is 0.241 e. The van der Waals surface area contributed by atoms with Crippen molar-refractivity contribution in [1.29, 1.82) is 0 Å². The molecule has 1 rings (SSSR count). The number of nitrogens with two attached hydrogens (primary N) is 1. The van der Waals surface area contributed by atoms with Gasteiger partial charge in [-0.2, -0.15) is 0 Å². The largest absolute Gasteiger partial charge is 0.370 e. The van der Waals surface area contributed by atoms with E-state index in [1.54, 1.807) is 0 Å². The van der Waals surface area contributed by atoms with Gasteiger partial charge >= 0.3 is 0 Å². The third-order valence-electron chi connectivity index (χ3n) is 2.81. The molecule has 0 fully saturated rings. The summed E-state index contributed by atoms with van der Waals surface area (Å²) in [6, 6.07) is 10.0. The molecule has 1 aromatic rings. The van der Waals surface area contributed by atoms with Crippen molar-refractivity contribution >= 4 is 11.9 Å². The number of nitrogens with one attached hydrogen (secondary N) is 2. The monoisotopic (exact) mass is 276 g/mol. The molecule has 0 bridgehead atoms. The first kappa shape index (κ1) is 16.0. The fourth-order valence-corrected chi connectivity index (χ4v) is 1.65. The number of amides is 1. The third kappa shape index (κ3) is 7.41. The lowest BCUT2D eigenvalue weighted by molar-refractivity contribution is -0.119. The van der Waals surface area contributed by atoms with E-state index in [0.717, 1.165) is 25.8 Å². The van der Waals surface area contributed by atoms with Crippen LogP contribution in [0.3, 0.4) is 0 Å². The van der Waals surface area contributed by atoms with Crippen molar-refractivity contribution in [3.8, 4) is 0 Å². The molecule has 0 aliphatic carbocycles. The highest BCUT2D eigenvalue weighted by atomic mass is 16.1. The zero-order chi connectivity index (χ0) is 14.6. The van der Waals surface area contributed by atoms with Gasteiger partial charge in [-0.15, -0.1) is 0 Å². The molecule has 1 aromatic carbocycles. The minimum absolute atomic E-state index is 0.0692. The Bertz CT molecular complexity index is 417. The summed E-state index contributed by atoms with van der Waals surface area (Å²) in [6.07, 6.45) is 2.96. The van der Waals surface area contributed by atoms with Crippen LogP contribution in [0.5, 0.6) is 0 Å². The van der Waals surface area contributed by atoms with Crippen LogP contribution in [0.15, 0.2) is 35.3 Å². The molecule has 110 valence electrons. The van der Waals surface area contributed by atoms with Gasteiger partial charge in [-0.1, -0.05) is 43.7 Å². The highest BCUT2D eigenvalue weighted by molar-refractivity contribution is 5.83. The number of benzene rings is 1. The molecule has 5 heteroatoms. The van der Waals surface area contributed by atoms with Crippen molar-refractivity contribution in [1.82, 2.24) is 10.6 Å². The summed E-state index contributed by atoms with van der Waals surface area (Å²) >= 11 is 0. The second-order valence-electron chi connectivity index (χ2n) is 4.57. The van der Waals surface area contributed by atoms with Crippen LogP contribution in [0.1, 0.15) is 25.3 Å². The van der Waals surface area contributed by atoms with Crippen molar-refractivity contribution in [3.05, 3.63) is 35.9 Å². The first-order valence-corrected chi connectivity index (χ1v) is 7.06. The zero-order valence-electron chi connectivity index (χ0n) is 12.1. The number of aliphatic imine (C=N–C) groups is 1. The predicted octanol–water partition coefficient (Wildman–Crippen LogP) is 1.05. The SMILES string of the molecule is CCCCNC(N)=NCC(=O)NCCc1ccccc1. The molecule has 0 radical (unpaired) electrons. The van der Waals surface area contributed by atoms with E-state index in [1.807, 2.05) is 30.3 Å². The minimum Gasteiger partial charge on any atom is -0.370 e. The number of unbranched alkanes of at least 4 members (excludes halogenated alkanes) is 1. The van der Waals surface area contributed by atoms with Gasteiger partial charge in [0, 0.05) is 13.1 Å². The highest BCUT2D eigenvalue weighted by Gasteiger charge is 2.00. The van der Waals surface area contributed by atoms with Crippen LogP contribution in [-0.4, -0.2) is 31.5 Å². The summed E-state index contributed by atoms with van der Waals surface area (Å²) < 4.78 is 0. The smallest absolute Gasteiger partial charge is 0.241 e. The lowest BCUT2D eigenvalue weighted by Crippen LogP contribution is -2.34. The summed E-state index contributed by atoms with van der Waals surface area (Å²) in [7, 11) is 0. The molecule has 0 saturated heterocycles. The number of nitrogens with zero attached hydrogens (tertiary/aromatic N) is 1. The molecule has 5 nitrogen and oxygen atoms in total. The third-order valence-corrected chi connectivity index (χ3v) is 2.81. The quantitative estimate of drug-likeness (QED) is 0.377. The van der Waals surface area contributed by atoms with Crippen LogP contribution in [0.25, 0.3) is 0 Å². The second kappa shape index (κ2) is 9.83. The summed E-state index contributed by atoms with van der Waals surface area (Å²) in [5.41, 5.74) is 6.85. The van der Waals surface area contributed by atoms with Crippen LogP contribution in [0.2, 0.25) is 0 Å². The first-order valence-electron chi connectivity index (χ1n) is 7.06. The molecule has 0 atom stereocenters. The van der Waals surface area contributed by atoms with Gasteiger partial charge in [0.25, 0.3) is 0 Å². The van der Waals surface area contributed by atoms with E-state index in [0.29, 0.717) is 12.5 Å². The van der Waals surface area contributed by atoms with Gasteiger partial charge in [0.05, 0.1) is 0 Å². The average Bonchev–Trinajstić information content (AvgIpc) is 2.46. The molecule has 4 N–H and O–H groups in total. The van der Waals surface area contributed by atoms with E-state index in [2.05, 4.69) is 22.5 Å². The lowest BCUT2D eigenvalue weighted by atomic mass is 10.1. The second-order valence-corrected chi connectivity index (χ2v) is 4.57. The van der Waals surface area contributed by atoms with Gasteiger partial charge in [-0.05, 0) is 18.4 Å². The van der Waals surface area contributed by atoms with E-state index in [9.17, 15) is 4.79 Å². The molecule has 1 amide bonds. The molecular weight excluding hydrogens is 252 g/mol. The van der Waals surface area contributed by atoms with Crippen LogP contribution in [0, 0.1) is 0 Å². The molecule has 0 saturated carbocycles. The van der Waals surface area contributed by atoms with Gasteiger partial charge in [0.15, 0.2) is 5.96 Å². The number of guanidine groups is 1. The van der Waals surface area contributed by atoms with E-state index in [1.165, 1.54) is 5.56 Å². The van der Waals surface area contributed by atoms with Crippen molar-refractivity contribution in [2.24, 2.45) is 10.7 Å². The lowest BCUT2D eigenvalue weighted by Gasteiger charge is -2.05. The molecule has 0 aliphatic heterocycles. The van der Waals surface area contributed by atoms with Crippen molar-refractivity contribution in [3.63, 3.8) is 0 Å². The summed E-state index contributed by atoms with van der Waals surface area (Å²) in [5, 5.41) is 5.79. The van der Waals surface area contributed by atoms with E-state index >= 15 is 0 Å². The Morgan fingerprint density at radius 3 is 2.65 bits per heavy atom. The van der Waals surface area contributed by atoms with Gasteiger partial charge in [-0.25, -0.2) is 4.99 Å². The summed E-state index contributed by atoms with van der Waals surface area (Å²) in [6.45, 7) is 3.58. The summed E-state index contributed by atoms with van der Waals surface area (Å²) in [4.78, 5) is 15.6. The standard InChI is InChI=1S/C15H24N4O/c1-2-3-10-18-15(16)19-12-14(20)17-11-9-13-7-5-4-6-8-13/h4-8H,2-3,9-12H2,1H3,(H,17,20)(H3,16,18,19). The Labute approximate surface area is 120 Å². The fourth-order valence-electron chi connectivity index (χ4n) is 1.65. The number of carbonyl (C=O) groups excluding carboxylic acids is 1. The Balaban J connectivity index is 2.15. The molecule has 0 aromatic heterocycles. The van der Waals surface area contributed by atoms with Crippen molar-refractivity contribution < 1.29 is 4.79 Å². The number of hydrogen-bond acceptors (Lipinski definition) is 2. The Morgan fingerprint density at radius 1 is 1.20 bits per heavy atom.